The standard InChI is InChI=1S/C14H27N3O/c1-11-9-16(2)14(18)13(8-15)17(10-11)12-6-4-3-5-7-12/h11-13H,3-10,15H2,1-2H3. The van der Waals surface area contributed by atoms with Gasteiger partial charge in [-0.05, 0) is 18.8 Å². The molecule has 2 N–H and O–H groups in total. The molecule has 18 heavy (non-hydrogen) atoms. The van der Waals surface area contributed by atoms with E-state index in [0.717, 1.165) is 13.1 Å². The smallest absolute Gasteiger partial charge is 0.240 e. The molecule has 4 nitrogen and oxygen atoms in total. The van der Waals surface area contributed by atoms with Crippen molar-refractivity contribution in [1.82, 2.24) is 9.80 Å². The maximum atomic E-state index is 12.4. The molecule has 0 aromatic carbocycles. The van der Waals surface area contributed by atoms with Crippen LogP contribution in [0, 0.1) is 5.92 Å². The number of nitrogens with two attached hydrogens (primary N) is 1. The molecule has 0 aromatic rings. The maximum Gasteiger partial charge on any atom is 0.240 e. The second-order valence-corrected chi connectivity index (χ2v) is 6.06. The lowest BCUT2D eigenvalue weighted by Gasteiger charge is -2.38. The fourth-order valence-electron chi connectivity index (χ4n) is 3.55. The van der Waals surface area contributed by atoms with Crippen LogP contribution in [0.2, 0.25) is 0 Å². The van der Waals surface area contributed by atoms with Crippen molar-refractivity contribution in [3.8, 4) is 0 Å². The topological polar surface area (TPSA) is 49.6 Å². The van der Waals surface area contributed by atoms with Crippen molar-refractivity contribution >= 4 is 5.91 Å². The van der Waals surface area contributed by atoms with Crippen molar-refractivity contribution < 1.29 is 4.79 Å². The van der Waals surface area contributed by atoms with E-state index in [0.29, 0.717) is 18.5 Å². The third-order valence-electron chi connectivity index (χ3n) is 4.44. The zero-order valence-corrected chi connectivity index (χ0v) is 11.8. The van der Waals surface area contributed by atoms with Crippen LogP contribution in [-0.4, -0.2) is 54.5 Å². The Morgan fingerprint density at radius 3 is 2.50 bits per heavy atom. The fraction of sp³-hybridized carbons (Fsp3) is 0.929. The first kappa shape index (κ1) is 13.8. The van der Waals surface area contributed by atoms with Gasteiger partial charge >= 0.3 is 0 Å². The molecular formula is C14H27N3O. The molecule has 1 aliphatic heterocycles. The lowest BCUT2D eigenvalue weighted by Crippen LogP contribution is -2.53. The number of carbonyl (C=O) groups excluding carboxylic acids is 1. The second kappa shape index (κ2) is 6.02. The summed E-state index contributed by atoms with van der Waals surface area (Å²) in [5, 5.41) is 0. The largest absolute Gasteiger partial charge is 0.344 e. The number of rotatable bonds is 2. The van der Waals surface area contributed by atoms with E-state index >= 15 is 0 Å². The first-order valence-electron chi connectivity index (χ1n) is 7.34. The third kappa shape index (κ3) is 2.86. The Hall–Kier alpha value is -0.610. The van der Waals surface area contributed by atoms with E-state index in [4.69, 9.17) is 5.73 Å². The molecule has 0 aromatic heterocycles. The minimum atomic E-state index is -0.0944. The van der Waals surface area contributed by atoms with Gasteiger partial charge in [-0.3, -0.25) is 9.69 Å². The van der Waals surface area contributed by atoms with Gasteiger partial charge in [-0.2, -0.15) is 0 Å². The minimum absolute atomic E-state index is 0.0944. The molecule has 2 rings (SSSR count). The summed E-state index contributed by atoms with van der Waals surface area (Å²) in [7, 11) is 1.91. The van der Waals surface area contributed by atoms with Gasteiger partial charge < -0.3 is 10.6 Å². The van der Waals surface area contributed by atoms with Gasteiger partial charge in [0.15, 0.2) is 0 Å². The van der Waals surface area contributed by atoms with Crippen molar-refractivity contribution in [1.29, 1.82) is 0 Å². The number of hydrogen-bond acceptors (Lipinski definition) is 3. The first-order chi connectivity index (χ1) is 8.63. The van der Waals surface area contributed by atoms with Crippen LogP contribution in [0.3, 0.4) is 0 Å². The summed E-state index contributed by atoms with van der Waals surface area (Å²) < 4.78 is 0. The number of nitrogens with zero attached hydrogens (tertiary/aromatic N) is 2. The van der Waals surface area contributed by atoms with Gasteiger partial charge in [0.2, 0.25) is 5.91 Å². The highest BCUT2D eigenvalue weighted by molar-refractivity contribution is 5.82. The molecule has 0 radical (unpaired) electrons. The molecule has 104 valence electrons. The molecule has 4 heteroatoms. The normalized spacial score (nSPS) is 32.6. The van der Waals surface area contributed by atoms with E-state index in [1.165, 1.54) is 32.1 Å². The first-order valence-corrected chi connectivity index (χ1v) is 7.34. The summed E-state index contributed by atoms with van der Waals surface area (Å²) in [6.07, 6.45) is 6.43. The van der Waals surface area contributed by atoms with E-state index in [2.05, 4.69) is 11.8 Å². The van der Waals surface area contributed by atoms with E-state index in [9.17, 15) is 4.79 Å². The number of amides is 1. The summed E-state index contributed by atoms with van der Waals surface area (Å²) in [5.41, 5.74) is 5.88. The van der Waals surface area contributed by atoms with Gasteiger partial charge in [0.05, 0.1) is 0 Å². The summed E-state index contributed by atoms with van der Waals surface area (Å²) in [5.74, 6) is 0.754. The molecule has 2 atom stereocenters. The molecule has 1 heterocycles. The number of hydrogen-bond donors (Lipinski definition) is 1. The van der Waals surface area contributed by atoms with Crippen LogP contribution in [0.25, 0.3) is 0 Å². The summed E-state index contributed by atoms with van der Waals surface area (Å²) in [4.78, 5) is 16.7. The Balaban J connectivity index is 2.15. The Labute approximate surface area is 110 Å². The monoisotopic (exact) mass is 253 g/mol. The molecule has 1 aliphatic carbocycles. The molecule has 1 amide bonds. The number of carbonyl (C=O) groups is 1. The molecule has 0 spiro atoms. The van der Waals surface area contributed by atoms with Crippen molar-refractivity contribution in [2.45, 2.75) is 51.1 Å². The molecule has 2 fully saturated rings. The van der Waals surface area contributed by atoms with Crippen LogP contribution in [0.1, 0.15) is 39.0 Å². The Bertz CT molecular complexity index is 289. The van der Waals surface area contributed by atoms with Gasteiger partial charge in [-0.1, -0.05) is 26.2 Å². The van der Waals surface area contributed by atoms with Crippen molar-refractivity contribution in [2.75, 3.05) is 26.7 Å². The third-order valence-corrected chi connectivity index (χ3v) is 4.44. The minimum Gasteiger partial charge on any atom is -0.344 e. The lowest BCUT2D eigenvalue weighted by molar-refractivity contribution is -0.134. The Morgan fingerprint density at radius 1 is 1.22 bits per heavy atom. The molecule has 1 saturated carbocycles. The summed E-state index contributed by atoms with van der Waals surface area (Å²) >= 11 is 0. The molecule has 0 bridgehead atoms. The molecular weight excluding hydrogens is 226 g/mol. The number of likely N-dealkylation sites (N-methyl/N-ethyl adjacent to an activating group) is 1. The van der Waals surface area contributed by atoms with Gasteiger partial charge in [0.1, 0.15) is 6.04 Å². The van der Waals surface area contributed by atoms with E-state index in [1.807, 2.05) is 11.9 Å². The van der Waals surface area contributed by atoms with Crippen LogP contribution in [0.5, 0.6) is 0 Å². The average molecular weight is 253 g/mol. The Morgan fingerprint density at radius 2 is 1.89 bits per heavy atom. The van der Waals surface area contributed by atoms with Crippen LogP contribution in [-0.2, 0) is 4.79 Å². The predicted octanol–water partition coefficient (Wildman–Crippen LogP) is 1.06. The van der Waals surface area contributed by atoms with Crippen LogP contribution >= 0.6 is 0 Å². The van der Waals surface area contributed by atoms with Gasteiger partial charge in [-0.25, -0.2) is 0 Å². The van der Waals surface area contributed by atoms with Crippen LogP contribution in [0.4, 0.5) is 0 Å². The van der Waals surface area contributed by atoms with Crippen molar-refractivity contribution in [3.63, 3.8) is 0 Å². The van der Waals surface area contributed by atoms with E-state index in [-0.39, 0.29) is 11.9 Å². The van der Waals surface area contributed by atoms with Gasteiger partial charge in [-0.15, -0.1) is 0 Å². The lowest BCUT2D eigenvalue weighted by atomic mass is 9.92. The quantitative estimate of drug-likeness (QED) is 0.800. The maximum absolute atomic E-state index is 12.4. The zero-order valence-electron chi connectivity index (χ0n) is 11.8. The predicted molar refractivity (Wildman–Crippen MR) is 73.2 cm³/mol. The van der Waals surface area contributed by atoms with Crippen LogP contribution in [0.15, 0.2) is 0 Å². The van der Waals surface area contributed by atoms with Crippen molar-refractivity contribution in [3.05, 3.63) is 0 Å². The highest BCUT2D eigenvalue weighted by Crippen LogP contribution is 2.27. The summed E-state index contributed by atoms with van der Waals surface area (Å²) in [6.45, 7) is 4.56. The average Bonchev–Trinajstić information content (AvgIpc) is 2.48. The Kier molecular flexibility index (Phi) is 4.62. The van der Waals surface area contributed by atoms with Gasteiger partial charge in [0, 0.05) is 32.7 Å². The van der Waals surface area contributed by atoms with Crippen molar-refractivity contribution in [2.24, 2.45) is 11.7 Å². The van der Waals surface area contributed by atoms with E-state index < -0.39 is 0 Å². The second-order valence-electron chi connectivity index (χ2n) is 6.06. The van der Waals surface area contributed by atoms with Gasteiger partial charge in [0.25, 0.3) is 0 Å². The summed E-state index contributed by atoms with van der Waals surface area (Å²) in [6, 6.07) is 0.480. The highest BCUT2D eigenvalue weighted by Gasteiger charge is 2.36. The zero-order chi connectivity index (χ0) is 13.1. The van der Waals surface area contributed by atoms with Crippen LogP contribution < -0.4 is 5.73 Å². The highest BCUT2D eigenvalue weighted by atomic mass is 16.2. The SMILES string of the molecule is CC1CN(C)C(=O)C(CN)N(C2CCCCC2)C1. The fourth-order valence-corrected chi connectivity index (χ4v) is 3.55. The molecule has 2 unspecified atom stereocenters. The van der Waals surface area contributed by atoms with E-state index in [1.54, 1.807) is 0 Å². The molecule has 1 saturated heterocycles. The molecule has 2 aliphatic rings.